The van der Waals surface area contributed by atoms with Crippen LogP contribution in [0.25, 0.3) is 0 Å². The van der Waals surface area contributed by atoms with E-state index in [1.54, 1.807) is 12.1 Å². The SMILES string of the molecule is CCCCCCCCCCNc1ccc(N)cc1C(F)F. The van der Waals surface area contributed by atoms with Gasteiger partial charge in [-0.05, 0) is 24.6 Å². The number of unbranched alkanes of at least 4 members (excludes halogenated alkanes) is 7. The molecule has 0 heterocycles. The summed E-state index contributed by atoms with van der Waals surface area (Å²) in [7, 11) is 0. The maximum Gasteiger partial charge on any atom is 0.265 e. The van der Waals surface area contributed by atoms with Crippen LogP contribution in [0.4, 0.5) is 20.2 Å². The molecule has 0 aromatic heterocycles. The van der Waals surface area contributed by atoms with Crippen molar-refractivity contribution in [2.24, 2.45) is 0 Å². The molecule has 0 saturated heterocycles. The summed E-state index contributed by atoms with van der Waals surface area (Å²) >= 11 is 0. The molecule has 21 heavy (non-hydrogen) atoms. The molecule has 1 aromatic carbocycles. The predicted molar refractivity (Wildman–Crippen MR) is 86.9 cm³/mol. The van der Waals surface area contributed by atoms with Crippen LogP contribution in [0.1, 0.15) is 70.3 Å². The largest absolute Gasteiger partial charge is 0.399 e. The fourth-order valence-electron chi connectivity index (χ4n) is 2.40. The maximum absolute atomic E-state index is 12.9. The van der Waals surface area contributed by atoms with E-state index in [0.29, 0.717) is 11.4 Å². The van der Waals surface area contributed by atoms with Crippen molar-refractivity contribution in [3.8, 4) is 0 Å². The average molecular weight is 298 g/mol. The number of hydrogen-bond donors (Lipinski definition) is 2. The first-order valence-corrected chi connectivity index (χ1v) is 8.06. The zero-order valence-corrected chi connectivity index (χ0v) is 13.0. The molecule has 120 valence electrons. The summed E-state index contributed by atoms with van der Waals surface area (Å²) in [5, 5.41) is 3.10. The van der Waals surface area contributed by atoms with E-state index in [-0.39, 0.29) is 5.56 Å². The van der Waals surface area contributed by atoms with Gasteiger partial charge in [-0.15, -0.1) is 0 Å². The minimum Gasteiger partial charge on any atom is -0.399 e. The van der Waals surface area contributed by atoms with Gasteiger partial charge in [-0.25, -0.2) is 8.78 Å². The first-order chi connectivity index (χ1) is 10.1. The third-order valence-electron chi connectivity index (χ3n) is 3.66. The molecule has 3 N–H and O–H groups in total. The molecule has 0 aliphatic rings. The molecule has 0 spiro atoms. The number of hydrogen-bond acceptors (Lipinski definition) is 2. The number of anilines is 2. The van der Waals surface area contributed by atoms with Crippen LogP contribution in [-0.2, 0) is 0 Å². The molecule has 0 aliphatic carbocycles. The molecule has 0 unspecified atom stereocenters. The van der Waals surface area contributed by atoms with Gasteiger partial charge in [0.25, 0.3) is 6.43 Å². The molecule has 1 aromatic rings. The monoisotopic (exact) mass is 298 g/mol. The highest BCUT2D eigenvalue weighted by molar-refractivity contribution is 5.58. The summed E-state index contributed by atoms with van der Waals surface area (Å²) in [4.78, 5) is 0. The van der Waals surface area contributed by atoms with Crippen LogP contribution >= 0.6 is 0 Å². The minimum atomic E-state index is -2.49. The van der Waals surface area contributed by atoms with Gasteiger partial charge in [0.2, 0.25) is 0 Å². The molecule has 1 rings (SSSR count). The maximum atomic E-state index is 12.9. The van der Waals surface area contributed by atoms with Crippen molar-refractivity contribution < 1.29 is 8.78 Å². The van der Waals surface area contributed by atoms with Crippen LogP contribution in [-0.4, -0.2) is 6.54 Å². The highest BCUT2D eigenvalue weighted by Gasteiger charge is 2.12. The van der Waals surface area contributed by atoms with Gasteiger partial charge in [-0.2, -0.15) is 0 Å². The zero-order chi connectivity index (χ0) is 15.5. The van der Waals surface area contributed by atoms with Crippen molar-refractivity contribution in [2.45, 2.75) is 64.7 Å². The van der Waals surface area contributed by atoms with Crippen molar-refractivity contribution in [3.05, 3.63) is 23.8 Å². The lowest BCUT2D eigenvalue weighted by atomic mass is 10.1. The lowest BCUT2D eigenvalue weighted by Gasteiger charge is -2.12. The topological polar surface area (TPSA) is 38.0 Å². The Morgan fingerprint density at radius 2 is 1.62 bits per heavy atom. The Bertz CT molecular complexity index is 394. The standard InChI is InChI=1S/C17H28F2N2/c1-2-3-4-5-6-7-8-9-12-21-16-11-10-14(20)13-15(16)17(18)19/h10-11,13,17,21H,2-9,12,20H2,1H3. The lowest BCUT2D eigenvalue weighted by Crippen LogP contribution is -2.05. The second kappa shape index (κ2) is 10.4. The second-order valence-corrected chi connectivity index (χ2v) is 5.55. The van der Waals surface area contributed by atoms with Crippen molar-refractivity contribution >= 4 is 11.4 Å². The number of halogens is 2. The highest BCUT2D eigenvalue weighted by Crippen LogP contribution is 2.28. The second-order valence-electron chi connectivity index (χ2n) is 5.55. The molecule has 4 heteroatoms. The fraction of sp³-hybridized carbons (Fsp3) is 0.647. The van der Waals surface area contributed by atoms with Gasteiger partial charge in [0, 0.05) is 23.5 Å². The molecule has 0 atom stereocenters. The van der Waals surface area contributed by atoms with E-state index in [1.807, 2.05) is 0 Å². The van der Waals surface area contributed by atoms with E-state index < -0.39 is 6.43 Å². The number of nitrogens with two attached hydrogens (primary N) is 1. The number of nitrogen functional groups attached to an aromatic ring is 1. The quantitative estimate of drug-likeness (QED) is 0.402. The van der Waals surface area contributed by atoms with E-state index in [2.05, 4.69) is 12.2 Å². The van der Waals surface area contributed by atoms with Crippen LogP contribution in [0.15, 0.2) is 18.2 Å². The van der Waals surface area contributed by atoms with Crippen LogP contribution < -0.4 is 11.1 Å². The first kappa shape index (κ1) is 17.7. The van der Waals surface area contributed by atoms with Crippen molar-refractivity contribution in [3.63, 3.8) is 0 Å². The third kappa shape index (κ3) is 7.30. The van der Waals surface area contributed by atoms with E-state index in [4.69, 9.17) is 5.73 Å². The Morgan fingerprint density at radius 1 is 1.00 bits per heavy atom. The Balaban J connectivity index is 2.18. The van der Waals surface area contributed by atoms with Gasteiger partial charge in [-0.3, -0.25) is 0 Å². The fourth-order valence-corrected chi connectivity index (χ4v) is 2.40. The van der Waals surface area contributed by atoms with Gasteiger partial charge in [0.1, 0.15) is 0 Å². The van der Waals surface area contributed by atoms with E-state index in [9.17, 15) is 8.78 Å². The Kier molecular flexibility index (Phi) is 8.79. The van der Waals surface area contributed by atoms with E-state index in [1.165, 1.54) is 44.6 Å². The Hall–Kier alpha value is -1.32. The Morgan fingerprint density at radius 3 is 2.24 bits per heavy atom. The summed E-state index contributed by atoms with van der Waals surface area (Å²) in [5.74, 6) is 0. The molecule has 2 nitrogen and oxygen atoms in total. The molecular weight excluding hydrogens is 270 g/mol. The van der Waals surface area contributed by atoms with Crippen molar-refractivity contribution in [2.75, 3.05) is 17.6 Å². The first-order valence-electron chi connectivity index (χ1n) is 8.06. The van der Waals surface area contributed by atoms with Crippen molar-refractivity contribution in [1.29, 1.82) is 0 Å². The molecule has 0 amide bonds. The summed E-state index contributed by atoms with van der Waals surface area (Å²) in [6.07, 6.45) is 7.44. The van der Waals surface area contributed by atoms with Gasteiger partial charge < -0.3 is 11.1 Å². The van der Waals surface area contributed by atoms with Gasteiger partial charge >= 0.3 is 0 Å². The molecule has 0 radical (unpaired) electrons. The van der Waals surface area contributed by atoms with Crippen LogP contribution in [0, 0.1) is 0 Å². The van der Waals surface area contributed by atoms with Gasteiger partial charge in [0.15, 0.2) is 0 Å². The zero-order valence-electron chi connectivity index (χ0n) is 13.0. The number of benzene rings is 1. The normalized spacial score (nSPS) is 11.0. The minimum absolute atomic E-state index is 0.00503. The summed E-state index contributed by atoms with van der Waals surface area (Å²) < 4.78 is 25.8. The smallest absolute Gasteiger partial charge is 0.265 e. The van der Waals surface area contributed by atoms with Crippen molar-refractivity contribution in [1.82, 2.24) is 0 Å². The van der Waals surface area contributed by atoms with Crippen LogP contribution in [0.2, 0.25) is 0 Å². The number of alkyl halides is 2. The molecule has 0 aliphatic heterocycles. The third-order valence-corrected chi connectivity index (χ3v) is 3.66. The predicted octanol–water partition coefficient (Wildman–Crippen LogP) is 5.76. The van der Waals surface area contributed by atoms with Gasteiger partial charge in [-0.1, -0.05) is 51.9 Å². The summed E-state index contributed by atoms with van der Waals surface area (Å²) in [6, 6.07) is 4.64. The Labute approximate surface area is 127 Å². The van der Waals surface area contributed by atoms with E-state index >= 15 is 0 Å². The average Bonchev–Trinajstić information content (AvgIpc) is 2.46. The summed E-state index contributed by atoms with van der Waals surface area (Å²) in [5.41, 5.74) is 6.42. The summed E-state index contributed by atoms with van der Waals surface area (Å²) in [6.45, 7) is 2.95. The molecule has 0 saturated carbocycles. The molecule has 0 bridgehead atoms. The highest BCUT2D eigenvalue weighted by atomic mass is 19.3. The van der Waals surface area contributed by atoms with Gasteiger partial charge in [0.05, 0.1) is 0 Å². The molecule has 0 fully saturated rings. The lowest BCUT2D eigenvalue weighted by molar-refractivity contribution is 0.152. The number of rotatable bonds is 11. The number of nitrogens with one attached hydrogen (secondary N) is 1. The van der Waals surface area contributed by atoms with Crippen LogP contribution in [0.5, 0.6) is 0 Å². The van der Waals surface area contributed by atoms with E-state index in [0.717, 1.165) is 19.4 Å². The molecular formula is C17H28F2N2. The van der Waals surface area contributed by atoms with Crippen LogP contribution in [0.3, 0.4) is 0 Å².